The van der Waals surface area contributed by atoms with Crippen LogP contribution >= 0.6 is 0 Å². The molecule has 0 bridgehead atoms. The van der Waals surface area contributed by atoms with E-state index in [2.05, 4.69) is 0 Å². The molecule has 0 atom stereocenters. The van der Waals surface area contributed by atoms with Crippen molar-refractivity contribution in [3.8, 4) is 17.2 Å². The number of benzene rings is 2. The van der Waals surface area contributed by atoms with Crippen LogP contribution < -0.4 is 9.47 Å². The van der Waals surface area contributed by atoms with Crippen molar-refractivity contribution in [1.82, 2.24) is 0 Å². The van der Waals surface area contributed by atoms with E-state index in [9.17, 15) is 9.90 Å². The van der Waals surface area contributed by atoms with Crippen molar-refractivity contribution >= 4 is 11.9 Å². The highest BCUT2D eigenvalue weighted by atomic mass is 16.5. The SMILES string of the molecule is COc1ccc(/C=C/C(=O)c2c(O)c(C)cc(C)c2OC)cc1. The first-order chi connectivity index (χ1) is 11.0. The minimum Gasteiger partial charge on any atom is -0.507 e. The average Bonchev–Trinajstić information content (AvgIpc) is 2.56. The molecule has 120 valence electrons. The molecule has 0 unspecified atom stereocenters. The molecule has 0 radical (unpaired) electrons. The maximum atomic E-state index is 12.5. The highest BCUT2D eigenvalue weighted by molar-refractivity contribution is 6.11. The van der Waals surface area contributed by atoms with Gasteiger partial charge in [-0.2, -0.15) is 0 Å². The standard InChI is InChI=1S/C19H20O4/c1-12-11-13(2)19(23-4)17(18(12)21)16(20)10-7-14-5-8-15(22-3)9-6-14/h5-11,21H,1-4H3/b10-7+. The Morgan fingerprint density at radius 3 is 2.26 bits per heavy atom. The lowest BCUT2D eigenvalue weighted by Crippen LogP contribution is -2.03. The number of methoxy groups -OCH3 is 2. The van der Waals surface area contributed by atoms with Gasteiger partial charge in [0.1, 0.15) is 22.8 Å². The number of aryl methyl sites for hydroxylation is 2. The van der Waals surface area contributed by atoms with Gasteiger partial charge in [-0.25, -0.2) is 0 Å². The number of phenols is 1. The van der Waals surface area contributed by atoms with E-state index in [1.807, 2.05) is 31.2 Å². The van der Waals surface area contributed by atoms with Gasteiger partial charge in [0, 0.05) is 0 Å². The Kier molecular flexibility index (Phi) is 5.06. The number of ether oxygens (including phenoxy) is 2. The summed E-state index contributed by atoms with van der Waals surface area (Å²) >= 11 is 0. The number of carbonyl (C=O) groups excluding carboxylic acids is 1. The molecule has 0 aliphatic carbocycles. The Morgan fingerprint density at radius 2 is 1.70 bits per heavy atom. The van der Waals surface area contributed by atoms with Crippen LogP contribution in [0.5, 0.6) is 17.2 Å². The van der Waals surface area contributed by atoms with Crippen molar-refractivity contribution in [3.05, 3.63) is 58.7 Å². The Hall–Kier alpha value is -2.75. The zero-order valence-electron chi connectivity index (χ0n) is 13.7. The van der Waals surface area contributed by atoms with E-state index in [0.29, 0.717) is 11.3 Å². The summed E-state index contributed by atoms with van der Waals surface area (Å²) in [4.78, 5) is 12.5. The predicted octanol–water partition coefficient (Wildman–Crippen LogP) is 3.92. The molecule has 2 rings (SSSR count). The molecule has 0 fully saturated rings. The summed E-state index contributed by atoms with van der Waals surface area (Å²) in [6.45, 7) is 3.60. The highest BCUT2D eigenvalue weighted by Gasteiger charge is 2.19. The predicted molar refractivity (Wildman–Crippen MR) is 90.5 cm³/mol. The van der Waals surface area contributed by atoms with Crippen molar-refractivity contribution in [1.29, 1.82) is 0 Å². The summed E-state index contributed by atoms with van der Waals surface area (Å²) in [5.41, 5.74) is 2.50. The smallest absolute Gasteiger partial charge is 0.193 e. The van der Waals surface area contributed by atoms with Crippen LogP contribution in [-0.4, -0.2) is 25.1 Å². The van der Waals surface area contributed by atoms with E-state index in [0.717, 1.165) is 16.9 Å². The maximum Gasteiger partial charge on any atom is 0.193 e. The number of rotatable bonds is 5. The van der Waals surface area contributed by atoms with Crippen molar-refractivity contribution in [2.24, 2.45) is 0 Å². The normalized spacial score (nSPS) is 10.8. The number of aromatic hydroxyl groups is 1. The van der Waals surface area contributed by atoms with Crippen LogP contribution in [-0.2, 0) is 0 Å². The van der Waals surface area contributed by atoms with Crippen LogP contribution in [0.2, 0.25) is 0 Å². The van der Waals surface area contributed by atoms with Crippen LogP contribution in [0.25, 0.3) is 6.08 Å². The fraction of sp³-hybridized carbons (Fsp3) is 0.211. The van der Waals surface area contributed by atoms with E-state index in [-0.39, 0.29) is 17.1 Å². The second kappa shape index (κ2) is 7.01. The maximum absolute atomic E-state index is 12.5. The van der Waals surface area contributed by atoms with E-state index in [1.54, 1.807) is 26.2 Å². The van der Waals surface area contributed by atoms with Gasteiger partial charge in [-0.05, 0) is 54.8 Å². The molecule has 23 heavy (non-hydrogen) atoms. The molecule has 2 aromatic carbocycles. The van der Waals surface area contributed by atoms with Gasteiger partial charge in [-0.3, -0.25) is 4.79 Å². The third-order valence-corrected chi connectivity index (χ3v) is 3.62. The number of carbonyl (C=O) groups is 1. The van der Waals surface area contributed by atoms with Crippen LogP contribution in [0.1, 0.15) is 27.0 Å². The quantitative estimate of drug-likeness (QED) is 0.671. The minimum absolute atomic E-state index is 0.0446. The third-order valence-electron chi connectivity index (χ3n) is 3.62. The van der Waals surface area contributed by atoms with E-state index in [4.69, 9.17) is 9.47 Å². The Bertz CT molecular complexity index is 743. The zero-order valence-corrected chi connectivity index (χ0v) is 13.7. The Balaban J connectivity index is 2.35. The molecule has 2 aromatic rings. The monoisotopic (exact) mass is 312 g/mol. The van der Waals surface area contributed by atoms with Crippen LogP contribution in [0, 0.1) is 13.8 Å². The largest absolute Gasteiger partial charge is 0.507 e. The molecular formula is C19H20O4. The minimum atomic E-state index is -0.304. The number of phenolic OH excluding ortho intramolecular Hbond substituents is 1. The molecule has 0 aliphatic rings. The number of allylic oxidation sites excluding steroid dienone is 1. The van der Waals surface area contributed by atoms with Gasteiger partial charge in [0.25, 0.3) is 0 Å². The third kappa shape index (κ3) is 3.54. The van der Waals surface area contributed by atoms with Crippen molar-refractivity contribution in [2.45, 2.75) is 13.8 Å². The second-order valence-electron chi connectivity index (χ2n) is 5.24. The lowest BCUT2D eigenvalue weighted by Gasteiger charge is -2.13. The molecule has 4 nitrogen and oxygen atoms in total. The highest BCUT2D eigenvalue weighted by Crippen LogP contribution is 2.34. The van der Waals surface area contributed by atoms with Gasteiger partial charge in [-0.1, -0.05) is 18.2 Å². The number of ketones is 1. The molecule has 0 heterocycles. The van der Waals surface area contributed by atoms with Crippen LogP contribution in [0.4, 0.5) is 0 Å². The lowest BCUT2D eigenvalue weighted by atomic mass is 10.00. The Labute approximate surface area is 136 Å². The molecule has 0 saturated carbocycles. The molecular weight excluding hydrogens is 292 g/mol. The summed E-state index contributed by atoms with van der Waals surface area (Å²) in [5, 5.41) is 10.2. The summed E-state index contributed by atoms with van der Waals surface area (Å²) < 4.78 is 10.4. The van der Waals surface area contributed by atoms with E-state index < -0.39 is 0 Å². The number of hydrogen-bond acceptors (Lipinski definition) is 4. The summed E-state index contributed by atoms with van der Waals surface area (Å²) in [5.74, 6) is 0.804. The first kappa shape index (κ1) is 16.6. The van der Waals surface area contributed by atoms with Gasteiger partial charge in [0.2, 0.25) is 0 Å². The van der Waals surface area contributed by atoms with E-state index in [1.165, 1.54) is 13.2 Å². The summed E-state index contributed by atoms with van der Waals surface area (Å²) in [6.07, 6.45) is 3.12. The molecule has 0 aromatic heterocycles. The molecule has 0 amide bonds. The second-order valence-corrected chi connectivity index (χ2v) is 5.24. The molecule has 0 aliphatic heterocycles. The van der Waals surface area contributed by atoms with Gasteiger partial charge < -0.3 is 14.6 Å². The topological polar surface area (TPSA) is 55.8 Å². The first-order valence-corrected chi connectivity index (χ1v) is 7.21. The zero-order chi connectivity index (χ0) is 17.0. The average molecular weight is 312 g/mol. The Morgan fingerprint density at radius 1 is 1.04 bits per heavy atom. The molecule has 4 heteroatoms. The van der Waals surface area contributed by atoms with Crippen molar-refractivity contribution < 1.29 is 19.4 Å². The van der Waals surface area contributed by atoms with Gasteiger partial charge in [-0.15, -0.1) is 0 Å². The summed E-state index contributed by atoms with van der Waals surface area (Å²) in [7, 11) is 3.09. The van der Waals surface area contributed by atoms with Crippen LogP contribution in [0.15, 0.2) is 36.4 Å². The van der Waals surface area contributed by atoms with Crippen molar-refractivity contribution in [3.63, 3.8) is 0 Å². The lowest BCUT2D eigenvalue weighted by molar-refractivity contribution is 0.104. The van der Waals surface area contributed by atoms with Crippen molar-refractivity contribution in [2.75, 3.05) is 14.2 Å². The van der Waals surface area contributed by atoms with Crippen LogP contribution in [0.3, 0.4) is 0 Å². The van der Waals surface area contributed by atoms with E-state index >= 15 is 0 Å². The number of hydrogen-bond donors (Lipinski definition) is 1. The molecule has 0 saturated heterocycles. The van der Waals surface area contributed by atoms with Gasteiger partial charge in [0.05, 0.1) is 14.2 Å². The van der Waals surface area contributed by atoms with Gasteiger partial charge in [0.15, 0.2) is 5.78 Å². The molecule has 1 N–H and O–H groups in total. The first-order valence-electron chi connectivity index (χ1n) is 7.21. The van der Waals surface area contributed by atoms with Gasteiger partial charge >= 0.3 is 0 Å². The summed E-state index contributed by atoms with van der Waals surface area (Å²) in [6, 6.07) is 9.12. The fourth-order valence-corrected chi connectivity index (χ4v) is 2.42. The molecule has 0 spiro atoms. The fourth-order valence-electron chi connectivity index (χ4n) is 2.42.